The van der Waals surface area contributed by atoms with Gasteiger partial charge in [-0.2, -0.15) is 0 Å². The Morgan fingerprint density at radius 2 is 2.00 bits per heavy atom. The van der Waals surface area contributed by atoms with Crippen LogP contribution in [0.25, 0.3) is 0 Å². The number of amidine groups is 1. The molecule has 6 heteroatoms. The number of benzene rings is 1. The molecule has 2 saturated heterocycles. The second-order valence-electron chi connectivity index (χ2n) is 7.54. The third kappa shape index (κ3) is 3.11. The molecule has 4 nitrogen and oxygen atoms in total. The van der Waals surface area contributed by atoms with E-state index in [0.29, 0.717) is 5.25 Å². The van der Waals surface area contributed by atoms with Gasteiger partial charge in [-0.3, -0.25) is 9.98 Å². The molecule has 0 spiro atoms. The SMILES string of the molecule is C[C@H]1CN2C(=N[C@@H](c3ccccn3)[C@@H]2c2ccc(N3CCCC3)c(Cl)c2)S1. The second-order valence-corrected chi connectivity index (χ2v) is 9.35. The highest BCUT2D eigenvalue weighted by atomic mass is 35.5. The molecule has 2 fully saturated rings. The molecule has 3 atom stereocenters. The zero-order valence-corrected chi connectivity index (χ0v) is 17.0. The van der Waals surface area contributed by atoms with Crippen LogP contribution in [0.1, 0.15) is 43.1 Å². The summed E-state index contributed by atoms with van der Waals surface area (Å²) in [5.74, 6) is 0. The first-order chi connectivity index (χ1) is 13.2. The molecule has 0 aliphatic carbocycles. The lowest BCUT2D eigenvalue weighted by Gasteiger charge is -2.28. The Hall–Kier alpha value is -1.72. The largest absolute Gasteiger partial charge is 0.370 e. The Labute approximate surface area is 169 Å². The number of rotatable bonds is 3. The molecule has 3 aliphatic rings. The second kappa shape index (κ2) is 7.02. The smallest absolute Gasteiger partial charge is 0.160 e. The minimum atomic E-state index is 0.0231. The van der Waals surface area contributed by atoms with Gasteiger partial charge in [-0.15, -0.1) is 0 Å². The lowest BCUT2D eigenvalue weighted by atomic mass is 9.96. The predicted octanol–water partition coefficient (Wildman–Crippen LogP) is 4.92. The van der Waals surface area contributed by atoms with Crippen molar-refractivity contribution in [3.8, 4) is 0 Å². The van der Waals surface area contributed by atoms with E-state index in [4.69, 9.17) is 16.6 Å². The monoisotopic (exact) mass is 398 g/mol. The Kier molecular flexibility index (Phi) is 4.52. The lowest BCUT2D eigenvalue weighted by molar-refractivity contribution is 0.321. The average molecular weight is 399 g/mol. The number of pyridine rings is 1. The molecule has 0 bridgehead atoms. The lowest BCUT2D eigenvalue weighted by Crippen LogP contribution is -2.28. The van der Waals surface area contributed by atoms with Crippen LogP contribution in [-0.2, 0) is 0 Å². The van der Waals surface area contributed by atoms with Crippen LogP contribution in [0.15, 0.2) is 47.6 Å². The molecule has 0 N–H and O–H groups in total. The molecule has 4 heterocycles. The van der Waals surface area contributed by atoms with E-state index in [1.807, 2.05) is 30.1 Å². The number of anilines is 1. The molecule has 3 aliphatic heterocycles. The first-order valence-electron chi connectivity index (χ1n) is 9.67. The summed E-state index contributed by atoms with van der Waals surface area (Å²) in [4.78, 5) is 14.5. The summed E-state index contributed by atoms with van der Waals surface area (Å²) in [5, 5.41) is 2.56. The zero-order valence-electron chi connectivity index (χ0n) is 15.4. The number of halogens is 1. The van der Waals surface area contributed by atoms with E-state index in [1.54, 1.807) is 0 Å². The number of fused-ring (bicyclic) bond motifs is 1. The highest BCUT2D eigenvalue weighted by Crippen LogP contribution is 2.48. The summed E-state index contributed by atoms with van der Waals surface area (Å²) in [6.07, 6.45) is 4.36. The highest BCUT2D eigenvalue weighted by molar-refractivity contribution is 8.14. The van der Waals surface area contributed by atoms with E-state index < -0.39 is 0 Å². The van der Waals surface area contributed by atoms with Gasteiger partial charge in [-0.25, -0.2) is 0 Å². The Morgan fingerprint density at radius 3 is 2.74 bits per heavy atom. The molecule has 140 valence electrons. The maximum Gasteiger partial charge on any atom is 0.160 e. The third-order valence-corrected chi connectivity index (χ3v) is 7.05. The fourth-order valence-electron chi connectivity index (χ4n) is 4.40. The van der Waals surface area contributed by atoms with E-state index in [0.717, 1.165) is 41.2 Å². The van der Waals surface area contributed by atoms with Gasteiger partial charge in [0.2, 0.25) is 0 Å². The van der Waals surface area contributed by atoms with E-state index in [-0.39, 0.29) is 12.1 Å². The van der Waals surface area contributed by atoms with Crippen molar-refractivity contribution in [2.75, 3.05) is 24.5 Å². The molecule has 0 radical (unpaired) electrons. The van der Waals surface area contributed by atoms with Crippen molar-refractivity contribution < 1.29 is 0 Å². The number of hydrogen-bond donors (Lipinski definition) is 0. The minimum Gasteiger partial charge on any atom is -0.370 e. The number of hydrogen-bond acceptors (Lipinski definition) is 5. The maximum atomic E-state index is 6.73. The summed E-state index contributed by atoms with van der Waals surface area (Å²) in [5.41, 5.74) is 3.42. The van der Waals surface area contributed by atoms with E-state index in [2.05, 4.69) is 46.0 Å². The normalized spacial score (nSPS) is 27.2. The Bertz CT molecular complexity index is 866. The van der Waals surface area contributed by atoms with Gasteiger partial charge in [0.1, 0.15) is 6.04 Å². The number of nitrogens with zero attached hydrogens (tertiary/aromatic N) is 4. The molecule has 27 heavy (non-hydrogen) atoms. The van der Waals surface area contributed by atoms with E-state index in [9.17, 15) is 0 Å². The summed E-state index contributed by atoms with van der Waals surface area (Å²) < 4.78 is 0. The quantitative estimate of drug-likeness (QED) is 0.734. The van der Waals surface area contributed by atoms with Crippen LogP contribution >= 0.6 is 23.4 Å². The van der Waals surface area contributed by atoms with Gasteiger partial charge in [0.15, 0.2) is 5.17 Å². The van der Waals surface area contributed by atoms with Gasteiger partial charge in [0.05, 0.1) is 22.4 Å². The van der Waals surface area contributed by atoms with Crippen molar-refractivity contribution in [2.24, 2.45) is 4.99 Å². The molecule has 0 unspecified atom stereocenters. The highest BCUT2D eigenvalue weighted by Gasteiger charge is 2.43. The molecule has 2 aromatic rings. The predicted molar refractivity (Wildman–Crippen MR) is 114 cm³/mol. The average Bonchev–Trinajstić information content (AvgIpc) is 3.38. The number of aromatic nitrogens is 1. The fourth-order valence-corrected chi connectivity index (χ4v) is 5.80. The molecule has 0 saturated carbocycles. The Morgan fingerprint density at radius 1 is 1.15 bits per heavy atom. The first kappa shape index (κ1) is 17.4. The number of thioether (sulfide) groups is 1. The zero-order chi connectivity index (χ0) is 18.4. The van der Waals surface area contributed by atoms with Crippen molar-refractivity contribution in [3.05, 3.63) is 58.9 Å². The van der Waals surface area contributed by atoms with Crippen molar-refractivity contribution in [1.29, 1.82) is 0 Å². The van der Waals surface area contributed by atoms with Crippen molar-refractivity contribution in [1.82, 2.24) is 9.88 Å². The van der Waals surface area contributed by atoms with Crippen LogP contribution in [0.4, 0.5) is 5.69 Å². The first-order valence-corrected chi connectivity index (χ1v) is 10.9. The van der Waals surface area contributed by atoms with Crippen LogP contribution in [0.3, 0.4) is 0 Å². The third-order valence-electron chi connectivity index (χ3n) is 5.64. The molecule has 5 rings (SSSR count). The van der Waals surface area contributed by atoms with E-state index in [1.165, 1.54) is 18.4 Å². The minimum absolute atomic E-state index is 0.0231. The maximum absolute atomic E-state index is 6.73. The van der Waals surface area contributed by atoms with Crippen molar-refractivity contribution in [3.63, 3.8) is 0 Å². The summed E-state index contributed by atoms with van der Waals surface area (Å²) in [6.45, 7) is 5.49. The molecule has 1 aromatic heterocycles. The summed E-state index contributed by atoms with van der Waals surface area (Å²) in [7, 11) is 0. The van der Waals surface area contributed by atoms with Crippen LogP contribution in [0.5, 0.6) is 0 Å². The van der Waals surface area contributed by atoms with Crippen LogP contribution in [0.2, 0.25) is 5.02 Å². The topological polar surface area (TPSA) is 31.7 Å². The van der Waals surface area contributed by atoms with Gasteiger partial charge in [-0.1, -0.05) is 42.4 Å². The standard InChI is InChI=1S/C21H23ClN4S/c1-14-13-26-20(19(24-21(26)27-14)17-6-2-3-9-23-17)15-7-8-18(16(22)12-15)25-10-4-5-11-25/h2-3,6-9,12,14,19-20H,4-5,10-11,13H2,1H3/t14-,19-,20-/m0/s1. The van der Waals surface area contributed by atoms with Crippen molar-refractivity contribution >= 4 is 34.2 Å². The summed E-state index contributed by atoms with van der Waals surface area (Å²) >= 11 is 8.60. The molecule has 1 aromatic carbocycles. The van der Waals surface area contributed by atoms with E-state index >= 15 is 0 Å². The molecule has 0 amide bonds. The van der Waals surface area contributed by atoms with Gasteiger partial charge in [0.25, 0.3) is 0 Å². The van der Waals surface area contributed by atoms with Crippen LogP contribution in [0, 0.1) is 0 Å². The van der Waals surface area contributed by atoms with Gasteiger partial charge >= 0.3 is 0 Å². The van der Waals surface area contributed by atoms with Gasteiger partial charge in [0, 0.05) is 31.1 Å². The molecular weight excluding hydrogens is 376 g/mol. The van der Waals surface area contributed by atoms with Crippen LogP contribution < -0.4 is 4.90 Å². The van der Waals surface area contributed by atoms with Gasteiger partial charge < -0.3 is 9.80 Å². The fraction of sp³-hybridized carbons (Fsp3) is 0.429. The number of aliphatic imine (C=N–C) groups is 1. The summed E-state index contributed by atoms with van der Waals surface area (Å²) in [6, 6.07) is 12.9. The Balaban J connectivity index is 1.52. The van der Waals surface area contributed by atoms with Crippen molar-refractivity contribution in [2.45, 2.75) is 37.1 Å². The van der Waals surface area contributed by atoms with Gasteiger partial charge in [-0.05, 0) is 42.7 Å². The molecular formula is C21H23ClN4S. The van der Waals surface area contributed by atoms with Crippen LogP contribution in [-0.4, -0.2) is 39.9 Å².